The molecule has 0 amide bonds. The van der Waals surface area contributed by atoms with Gasteiger partial charge < -0.3 is 20.5 Å². The maximum absolute atomic E-state index is 10.1. The second-order valence-electron chi connectivity index (χ2n) is 4.40. The number of aromatic nitrogens is 2. The van der Waals surface area contributed by atoms with E-state index in [1.54, 1.807) is 24.5 Å². The first-order valence-corrected chi connectivity index (χ1v) is 7.74. The van der Waals surface area contributed by atoms with Gasteiger partial charge in [0.15, 0.2) is 5.82 Å². The van der Waals surface area contributed by atoms with Crippen molar-refractivity contribution in [3.8, 4) is 0 Å². The Morgan fingerprint density at radius 3 is 2.86 bits per heavy atom. The summed E-state index contributed by atoms with van der Waals surface area (Å²) in [7, 11) is 1.80. The van der Waals surface area contributed by atoms with Crippen molar-refractivity contribution in [3.05, 3.63) is 34.3 Å². The van der Waals surface area contributed by atoms with Crippen LogP contribution in [0.2, 0.25) is 0 Å². The van der Waals surface area contributed by atoms with Crippen LogP contribution in [0.3, 0.4) is 0 Å². The number of hydrogen-bond donors (Lipinski definition) is 3. The Morgan fingerprint density at radius 2 is 2.19 bits per heavy atom. The highest BCUT2D eigenvalue weighted by molar-refractivity contribution is 7.07. The summed E-state index contributed by atoms with van der Waals surface area (Å²) in [6.45, 7) is 3.31. The van der Waals surface area contributed by atoms with Crippen LogP contribution in [0.4, 0.5) is 11.6 Å². The first-order chi connectivity index (χ1) is 10.2. The number of nitrogens with one attached hydrogen (secondary N) is 2. The van der Waals surface area contributed by atoms with Gasteiger partial charge in [0.25, 0.3) is 0 Å². The largest absolute Gasteiger partial charge is 0.387 e. The molecule has 1 unspecified atom stereocenters. The van der Waals surface area contributed by atoms with Crippen molar-refractivity contribution in [1.29, 1.82) is 0 Å². The lowest BCUT2D eigenvalue weighted by Gasteiger charge is -2.13. The second-order valence-corrected chi connectivity index (χ2v) is 5.18. The number of hydrogen-bond acceptors (Lipinski definition) is 7. The Kier molecular flexibility index (Phi) is 5.91. The first-order valence-electron chi connectivity index (χ1n) is 6.80. The lowest BCUT2D eigenvalue weighted by atomic mass is 10.2. The van der Waals surface area contributed by atoms with Crippen molar-refractivity contribution >= 4 is 23.0 Å². The van der Waals surface area contributed by atoms with Crippen LogP contribution in [0.1, 0.15) is 24.4 Å². The van der Waals surface area contributed by atoms with Crippen LogP contribution in [0.5, 0.6) is 0 Å². The van der Waals surface area contributed by atoms with Crippen molar-refractivity contribution in [2.45, 2.75) is 19.6 Å². The van der Waals surface area contributed by atoms with Crippen molar-refractivity contribution in [1.82, 2.24) is 9.97 Å². The Labute approximate surface area is 128 Å². The van der Waals surface area contributed by atoms with Crippen LogP contribution in [0, 0.1) is 0 Å². The highest BCUT2D eigenvalue weighted by atomic mass is 32.1. The molecule has 0 spiro atoms. The van der Waals surface area contributed by atoms with E-state index >= 15 is 0 Å². The predicted molar refractivity (Wildman–Crippen MR) is 84.7 cm³/mol. The highest BCUT2D eigenvalue weighted by Crippen LogP contribution is 2.18. The SMILES string of the molecule is CCOCc1nc(NC)cc(NCC(O)c2ccsc2)n1. The van der Waals surface area contributed by atoms with Crippen LogP contribution >= 0.6 is 11.3 Å². The Balaban J connectivity index is 2.01. The van der Waals surface area contributed by atoms with Gasteiger partial charge in [0.2, 0.25) is 0 Å². The summed E-state index contributed by atoms with van der Waals surface area (Å²) in [4.78, 5) is 8.69. The average Bonchev–Trinajstić information content (AvgIpc) is 3.04. The molecule has 21 heavy (non-hydrogen) atoms. The normalized spacial score (nSPS) is 12.1. The number of rotatable bonds is 8. The first kappa shape index (κ1) is 15.7. The van der Waals surface area contributed by atoms with E-state index in [1.165, 1.54) is 0 Å². The van der Waals surface area contributed by atoms with E-state index in [1.807, 2.05) is 23.8 Å². The van der Waals surface area contributed by atoms with Crippen LogP contribution in [0.15, 0.2) is 22.9 Å². The fourth-order valence-electron chi connectivity index (χ4n) is 1.76. The van der Waals surface area contributed by atoms with Gasteiger partial charge in [0, 0.05) is 26.3 Å². The predicted octanol–water partition coefficient (Wildman–Crippen LogP) is 2.26. The maximum Gasteiger partial charge on any atom is 0.158 e. The van der Waals surface area contributed by atoms with Gasteiger partial charge >= 0.3 is 0 Å². The number of aliphatic hydroxyl groups excluding tert-OH is 1. The molecular formula is C14H20N4O2S. The van der Waals surface area contributed by atoms with Crippen molar-refractivity contribution in [3.63, 3.8) is 0 Å². The summed E-state index contributed by atoms with van der Waals surface area (Å²) in [5, 5.41) is 20.1. The van der Waals surface area contributed by atoms with Gasteiger partial charge in [-0.15, -0.1) is 0 Å². The highest BCUT2D eigenvalue weighted by Gasteiger charge is 2.09. The van der Waals surface area contributed by atoms with E-state index in [2.05, 4.69) is 20.6 Å². The number of nitrogens with zero attached hydrogens (tertiary/aromatic N) is 2. The van der Waals surface area contributed by atoms with E-state index in [0.29, 0.717) is 37.2 Å². The standard InChI is InChI=1S/C14H20N4O2S/c1-3-20-8-14-17-12(15-2)6-13(18-14)16-7-11(19)10-4-5-21-9-10/h4-6,9,11,19H,3,7-8H2,1-2H3,(H2,15,16,17,18). The summed E-state index contributed by atoms with van der Waals surface area (Å²) in [6, 6.07) is 3.71. The minimum atomic E-state index is -0.556. The van der Waals surface area contributed by atoms with Gasteiger partial charge in [-0.2, -0.15) is 11.3 Å². The molecule has 0 aromatic carbocycles. The molecule has 6 nitrogen and oxygen atoms in total. The minimum absolute atomic E-state index is 0.369. The molecule has 2 heterocycles. The monoisotopic (exact) mass is 308 g/mol. The lowest BCUT2D eigenvalue weighted by Crippen LogP contribution is -2.14. The molecule has 0 aliphatic rings. The minimum Gasteiger partial charge on any atom is -0.387 e. The molecule has 0 fully saturated rings. The summed E-state index contributed by atoms with van der Waals surface area (Å²) in [6.07, 6.45) is -0.556. The number of thiophene rings is 1. The Bertz CT molecular complexity index is 548. The van der Waals surface area contributed by atoms with Crippen LogP contribution < -0.4 is 10.6 Å². The van der Waals surface area contributed by atoms with Crippen LogP contribution in [0.25, 0.3) is 0 Å². The second kappa shape index (κ2) is 7.92. The van der Waals surface area contributed by atoms with E-state index in [0.717, 1.165) is 5.56 Å². The van der Waals surface area contributed by atoms with E-state index in [4.69, 9.17) is 4.74 Å². The smallest absolute Gasteiger partial charge is 0.158 e. The molecule has 0 aliphatic carbocycles. The molecule has 1 atom stereocenters. The summed E-state index contributed by atoms with van der Waals surface area (Å²) < 4.78 is 5.33. The quantitative estimate of drug-likeness (QED) is 0.694. The number of aliphatic hydroxyl groups is 1. The summed E-state index contributed by atoms with van der Waals surface area (Å²) in [5.74, 6) is 1.99. The number of anilines is 2. The van der Waals surface area contributed by atoms with E-state index in [-0.39, 0.29) is 0 Å². The van der Waals surface area contributed by atoms with Gasteiger partial charge in [-0.3, -0.25) is 0 Å². The third-order valence-electron chi connectivity index (χ3n) is 2.87. The lowest BCUT2D eigenvalue weighted by molar-refractivity contribution is 0.128. The molecule has 0 radical (unpaired) electrons. The van der Waals surface area contributed by atoms with Crippen LogP contribution in [-0.4, -0.2) is 35.3 Å². The van der Waals surface area contributed by atoms with Crippen molar-refractivity contribution in [2.75, 3.05) is 30.8 Å². The molecular weight excluding hydrogens is 288 g/mol. The third-order valence-corrected chi connectivity index (χ3v) is 3.57. The fraction of sp³-hybridized carbons (Fsp3) is 0.429. The maximum atomic E-state index is 10.1. The summed E-state index contributed by atoms with van der Waals surface area (Å²) >= 11 is 1.57. The van der Waals surface area contributed by atoms with Gasteiger partial charge in [-0.25, -0.2) is 9.97 Å². The Morgan fingerprint density at radius 1 is 1.38 bits per heavy atom. The van der Waals surface area contributed by atoms with Gasteiger partial charge in [0.1, 0.15) is 18.2 Å². The van der Waals surface area contributed by atoms with Gasteiger partial charge in [-0.1, -0.05) is 0 Å². The molecule has 0 saturated heterocycles. The van der Waals surface area contributed by atoms with Crippen molar-refractivity contribution in [2.24, 2.45) is 0 Å². The van der Waals surface area contributed by atoms with Crippen molar-refractivity contribution < 1.29 is 9.84 Å². The van der Waals surface area contributed by atoms with Gasteiger partial charge in [0.05, 0.1) is 6.10 Å². The fourth-order valence-corrected chi connectivity index (χ4v) is 2.46. The zero-order valence-corrected chi connectivity index (χ0v) is 13.0. The molecule has 3 N–H and O–H groups in total. The zero-order chi connectivity index (χ0) is 15.1. The summed E-state index contributed by atoms with van der Waals surface area (Å²) in [5.41, 5.74) is 0.907. The van der Waals surface area contributed by atoms with E-state index < -0.39 is 6.10 Å². The van der Waals surface area contributed by atoms with E-state index in [9.17, 15) is 5.11 Å². The molecule has 0 aliphatic heterocycles. The van der Waals surface area contributed by atoms with Gasteiger partial charge in [-0.05, 0) is 29.3 Å². The molecule has 0 bridgehead atoms. The topological polar surface area (TPSA) is 79.3 Å². The molecule has 2 aromatic rings. The molecule has 114 valence electrons. The Hall–Kier alpha value is -1.70. The van der Waals surface area contributed by atoms with Crippen LogP contribution in [-0.2, 0) is 11.3 Å². The average molecular weight is 308 g/mol. The zero-order valence-electron chi connectivity index (χ0n) is 12.2. The molecule has 7 heteroatoms. The number of ether oxygens (including phenoxy) is 1. The molecule has 2 rings (SSSR count). The molecule has 0 saturated carbocycles. The third kappa shape index (κ3) is 4.66. The molecule has 2 aromatic heterocycles.